The third-order valence-corrected chi connectivity index (χ3v) is 8.69. The molecule has 0 radical (unpaired) electrons. The van der Waals surface area contributed by atoms with Crippen molar-refractivity contribution < 1.29 is 9.59 Å². The highest BCUT2D eigenvalue weighted by molar-refractivity contribution is 9.10. The van der Waals surface area contributed by atoms with E-state index in [0.717, 1.165) is 75.9 Å². The molecule has 0 atom stereocenters. The fourth-order valence-electron chi connectivity index (χ4n) is 5.99. The second-order valence-corrected chi connectivity index (χ2v) is 11.5. The van der Waals surface area contributed by atoms with Crippen molar-refractivity contribution >= 4 is 76.6 Å². The lowest BCUT2D eigenvalue weighted by atomic mass is 9.79. The van der Waals surface area contributed by atoms with Gasteiger partial charge in [-0.25, -0.2) is 0 Å². The number of halogens is 2. The minimum absolute atomic E-state index is 0.0797. The number of rotatable bonds is 3. The van der Waals surface area contributed by atoms with Crippen LogP contribution < -0.4 is 5.22 Å². The van der Waals surface area contributed by atoms with Gasteiger partial charge in [-0.05, 0) is 98.1 Å². The van der Waals surface area contributed by atoms with Gasteiger partial charge in [0.1, 0.15) is 0 Å². The van der Waals surface area contributed by atoms with Crippen LogP contribution in [-0.2, 0) is 6.42 Å². The molecule has 0 unspecified atom stereocenters. The van der Waals surface area contributed by atoms with Crippen LogP contribution in [0.15, 0.2) is 81.8 Å². The summed E-state index contributed by atoms with van der Waals surface area (Å²) in [6.45, 7) is 1.90. The highest BCUT2D eigenvalue weighted by Gasteiger charge is 2.27. The summed E-state index contributed by atoms with van der Waals surface area (Å²) >= 11 is 7.18. The lowest BCUT2D eigenvalue weighted by Crippen LogP contribution is -2.17. The zero-order valence-corrected chi connectivity index (χ0v) is 23.2. The molecule has 4 heteroatoms. The van der Waals surface area contributed by atoms with Crippen LogP contribution in [0.4, 0.5) is 0 Å². The van der Waals surface area contributed by atoms with E-state index in [0.29, 0.717) is 6.42 Å². The molecule has 2 nitrogen and oxygen atoms in total. The van der Waals surface area contributed by atoms with E-state index >= 15 is 0 Å². The fourth-order valence-corrected chi connectivity index (χ4v) is 6.72. The van der Waals surface area contributed by atoms with Gasteiger partial charge < -0.3 is 0 Å². The van der Waals surface area contributed by atoms with Crippen molar-refractivity contribution in [2.24, 2.45) is 0 Å². The van der Waals surface area contributed by atoms with Gasteiger partial charge in [-0.2, -0.15) is 0 Å². The molecule has 0 aliphatic heterocycles. The van der Waals surface area contributed by atoms with Crippen LogP contribution in [0.5, 0.6) is 0 Å². The second kappa shape index (κ2) is 8.34. The van der Waals surface area contributed by atoms with Crippen molar-refractivity contribution in [3.63, 3.8) is 0 Å². The minimum atomic E-state index is 0.0797. The molecule has 0 spiro atoms. The van der Waals surface area contributed by atoms with Crippen LogP contribution in [0.2, 0.25) is 0 Å². The van der Waals surface area contributed by atoms with Crippen LogP contribution in [0.3, 0.4) is 0 Å². The maximum absolute atomic E-state index is 13.5. The topological polar surface area (TPSA) is 34.1 Å². The number of hydrogen-bond donors (Lipinski definition) is 0. The van der Waals surface area contributed by atoms with E-state index in [1.54, 1.807) is 0 Å². The minimum Gasteiger partial charge on any atom is -0.294 e. The highest BCUT2D eigenvalue weighted by atomic mass is 79.9. The van der Waals surface area contributed by atoms with E-state index in [1.807, 2.05) is 43.3 Å². The quantitative estimate of drug-likeness (QED) is 0.189. The van der Waals surface area contributed by atoms with Crippen molar-refractivity contribution in [1.29, 1.82) is 0 Å². The molecule has 0 saturated heterocycles. The van der Waals surface area contributed by atoms with Gasteiger partial charge in [-0.3, -0.25) is 9.59 Å². The van der Waals surface area contributed by atoms with Crippen molar-refractivity contribution in [3.05, 3.63) is 115 Å². The lowest BCUT2D eigenvalue weighted by molar-refractivity contribution is 0.0986. The van der Waals surface area contributed by atoms with Crippen molar-refractivity contribution in [3.8, 4) is 11.1 Å². The summed E-state index contributed by atoms with van der Waals surface area (Å²) in [5.41, 5.74) is 7.73. The van der Waals surface area contributed by atoms with Crippen molar-refractivity contribution in [2.75, 3.05) is 0 Å². The van der Waals surface area contributed by atoms with Crippen LogP contribution >= 0.6 is 31.9 Å². The Morgan fingerprint density at radius 3 is 2.30 bits per heavy atom. The smallest absolute Gasteiger partial charge is 0.194 e. The number of hydrogen-bond acceptors (Lipinski definition) is 2. The van der Waals surface area contributed by atoms with Crippen molar-refractivity contribution in [1.82, 2.24) is 0 Å². The van der Waals surface area contributed by atoms with Gasteiger partial charge in [0.2, 0.25) is 0 Å². The number of allylic oxidation sites excluding steroid dienone is 2. The molecule has 0 bridgehead atoms. The molecule has 0 aromatic heterocycles. The van der Waals surface area contributed by atoms with E-state index < -0.39 is 0 Å². The molecular weight excluding hydrogens is 588 g/mol. The molecule has 178 valence electrons. The SMILES string of the molecule is CCC(=O)c1ccc(Br)cc1C1=CC=c2c(cc3ccc4c5c(ccc2c35)-c2cc(Br)ccc2C4=O)C1. The predicted molar refractivity (Wildman–Crippen MR) is 158 cm³/mol. The highest BCUT2D eigenvalue weighted by Crippen LogP contribution is 2.43. The monoisotopic (exact) mass is 606 g/mol. The molecule has 5 aromatic carbocycles. The molecule has 5 aromatic rings. The molecule has 7 rings (SSSR count). The van der Waals surface area contributed by atoms with E-state index in [-0.39, 0.29) is 11.6 Å². The summed E-state index contributed by atoms with van der Waals surface area (Å²) in [5, 5.41) is 5.67. The zero-order chi connectivity index (χ0) is 25.4. The third-order valence-electron chi connectivity index (χ3n) is 7.70. The van der Waals surface area contributed by atoms with Gasteiger partial charge in [-0.15, -0.1) is 0 Å². The zero-order valence-electron chi connectivity index (χ0n) is 20.0. The first kappa shape index (κ1) is 22.8. The summed E-state index contributed by atoms with van der Waals surface area (Å²) in [6.07, 6.45) is 5.54. The second-order valence-electron chi connectivity index (χ2n) is 9.72. The number of ketones is 2. The van der Waals surface area contributed by atoms with Crippen molar-refractivity contribution in [2.45, 2.75) is 19.8 Å². The maximum Gasteiger partial charge on any atom is 0.194 e. The molecule has 37 heavy (non-hydrogen) atoms. The first-order valence-corrected chi connectivity index (χ1v) is 13.9. The molecule has 2 aliphatic rings. The summed E-state index contributed by atoms with van der Waals surface area (Å²) in [4.78, 5) is 26.2. The molecule has 0 amide bonds. The normalized spacial score (nSPS) is 13.8. The Balaban J connectivity index is 1.49. The summed E-state index contributed by atoms with van der Waals surface area (Å²) < 4.78 is 1.93. The number of Topliss-reactive ketones (excluding diaryl/α,β-unsaturated/α-hetero) is 1. The number of benzene rings is 5. The maximum atomic E-state index is 13.5. The summed E-state index contributed by atoms with van der Waals surface area (Å²) in [6, 6.07) is 22.5. The largest absolute Gasteiger partial charge is 0.294 e. The molecule has 0 fully saturated rings. The van der Waals surface area contributed by atoms with Crippen LogP contribution in [-0.4, -0.2) is 11.6 Å². The predicted octanol–water partition coefficient (Wildman–Crippen LogP) is 8.46. The average molecular weight is 608 g/mol. The van der Waals surface area contributed by atoms with Gasteiger partial charge in [0.05, 0.1) is 0 Å². The Hall–Kier alpha value is -3.34. The van der Waals surface area contributed by atoms with Crippen LogP contribution in [0.25, 0.3) is 44.3 Å². The third kappa shape index (κ3) is 3.36. The van der Waals surface area contributed by atoms with Gasteiger partial charge in [0, 0.05) is 37.4 Å². The van der Waals surface area contributed by atoms with E-state index in [1.165, 1.54) is 10.8 Å². The lowest BCUT2D eigenvalue weighted by Gasteiger charge is -2.23. The van der Waals surface area contributed by atoms with Crippen LogP contribution in [0, 0.1) is 0 Å². The summed E-state index contributed by atoms with van der Waals surface area (Å²) in [7, 11) is 0. The Labute approximate surface area is 230 Å². The Kier molecular flexibility index (Phi) is 5.14. The fraction of sp³-hybridized carbons (Fsp3) is 0.0909. The van der Waals surface area contributed by atoms with E-state index in [4.69, 9.17) is 0 Å². The standard InChI is InChI=1S/C33H20Br2O2/c1-2-30(36)23-9-5-20(34)15-28(23)17-3-7-22-19(13-17)14-18-4-8-27-32-25(12-11-24(22)31(18)32)29-16-21(35)6-10-26(29)33(27)37/h3-12,14-16H,2,13H2,1H3. The number of fused-ring (bicyclic) bond motifs is 4. The van der Waals surface area contributed by atoms with Gasteiger partial charge in [-0.1, -0.05) is 75.2 Å². The van der Waals surface area contributed by atoms with E-state index in [9.17, 15) is 9.59 Å². The van der Waals surface area contributed by atoms with Crippen LogP contribution in [0.1, 0.15) is 50.8 Å². The molecule has 0 N–H and O–H groups in total. The number of carbonyl (C=O) groups excluding carboxylic acids is 2. The first-order valence-electron chi connectivity index (χ1n) is 12.3. The van der Waals surface area contributed by atoms with Gasteiger partial charge >= 0.3 is 0 Å². The number of carbonyl (C=O) groups is 2. The average Bonchev–Trinajstić information content (AvgIpc) is 2.91. The van der Waals surface area contributed by atoms with Gasteiger partial charge in [0.15, 0.2) is 11.6 Å². The first-order chi connectivity index (χ1) is 17.9. The summed E-state index contributed by atoms with van der Waals surface area (Å²) in [5.74, 6) is 0.230. The molecular formula is C33H20Br2O2. The Morgan fingerprint density at radius 1 is 0.757 bits per heavy atom. The van der Waals surface area contributed by atoms with E-state index in [2.05, 4.69) is 74.3 Å². The molecule has 0 heterocycles. The Bertz CT molecular complexity index is 1950. The molecule has 2 aliphatic carbocycles. The molecule has 0 saturated carbocycles. The van der Waals surface area contributed by atoms with Gasteiger partial charge in [0.25, 0.3) is 0 Å². The Morgan fingerprint density at radius 2 is 1.49 bits per heavy atom.